The lowest BCUT2D eigenvalue weighted by Gasteiger charge is -2.10. The van der Waals surface area contributed by atoms with Crippen LogP contribution in [0.4, 0.5) is 30.2 Å². The number of nitrogens with zero attached hydrogens (tertiary/aromatic N) is 1. The van der Waals surface area contributed by atoms with Crippen molar-refractivity contribution in [3.05, 3.63) is 28.3 Å². The minimum atomic E-state index is -4.15. The molecule has 0 fully saturated rings. The fourth-order valence-electron chi connectivity index (χ4n) is 1.76. The lowest BCUT2D eigenvalue weighted by atomic mass is 10.2. The average molecular weight is 291 g/mol. The van der Waals surface area contributed by atoms with Gasteiger partial charge in [-0.05, 0) is 25.0 Å². The molecule has 0 heterocycles. The molecule has 1 aromatic rings. The number of benzene rings is 1. The van der Waals surface area contributed by atoms with Crippen LogP contribution in [0.2, 0.25) is 0 Å². The molecule has 0 aliphatic rings. The maximum absolute atomic E-state index is 12.0. The molecule has 0 spiro atoms. The monoisotopic (exact) mass is 291 g/mol. The van der Waals surface area contributed by atoms with Gasteiger partial charge in [0.25, 0.3) is 0 Å². The van der Waals surface area contributed by atoms with Crippen LogP contribution in [0.15, 0.2) is 18.2 Å². The van der Waals surface area contributed by atoms with Gasteiger partial charge < -0.3 is 10.6 Å². The predicted octanol–water partition coefficient (Wildman–Crippen LogP) is 3.78. The van der Waals surface area contributed by atoms with Gasteiger partial charge in [0, 0.05) is 20.0 Å². The number of hydrogen-bond donors (Lipinski definition) is 2. The highest BCUT2D eigenvalue weighted by Crippen LogP contribution is 2.32. The van der Waals surface area contributed by atoms with E-state index >= 15 is 0 Å². The Morgan fingerprint density at radius 3 is 2.45 bits per heavy atom. The largest absolute Gasteiger partial charge is 0.389 e. The summed E-state index contributed by atoms with van der Waals surface area (Å²) >= 11 is 0. The number of rotatable bonds is 7. The molecule has 0 radical (unpaired) electrons. The van der Waals surface area contributed by atoms with Gasteiger partial charge in [-0.2, -0.15) is 13.2 Å². The van der Waals surface area contributed by atoms with E-state index in [0.29, 0.717) is 17.8 Å². The number of nitro benzene ring substituents is 1. The van der Waals surface area contributed by atoms with Crippen LogP contribution in [0.25, 0.3) is 0 Å². The molecule has 5 nitrogen and oxygen atoms in total. The summed E-state index contributed by atoms with van der Waals surface area (Å²) in [5, 5.41) is 16.5. The molecule has 1 aromatic carbocycles. The summed E-state index contributed by atoms with van der Waals surface area (Å²) < 4.78 is 35.9. The Hall–Kier alpha value is -1.99. The first-order valence-corrected chi connectivity index (χ1v) is 6.11. The molecule has 1 rings (SSSR count). The van der Waals surface area contributed by atoms with Crippen molar-refractivity contribution in [2.75, 3.05) is 24.2 Å². The Bertz CT molecular complexity index is 464. The lowest BCUT2D eigenvalue weighted by molar-refractivity contribution is -0.383. The molecule has 0 saturated carbocycles. The molecule has 0 bridgehead atoms. The number of halogens is 3. The number of unbranched alkanes of at least 4 members (excludes halogenated alkanes) is 1. The molecule has 112 valence electrons. The van der Waals surface area contributed by atoms with Crippen LogP contribution in [0.3, 0.4) is 0 Å². The van der Waals surface area contributed by atoms with E-state index < -0.39 is 17.5 Å². The zero-order chi connectivity index (χ0) is 15.2. The first kappa shape index (κ1) is 16.1. The standard InChI is InChI=1S/C12H16F3N3O2/c1-16-9-5-4-6-10(11(9)18(19)20)17-8-3-2-7-12(13,14)15/h4-6,16-17H,2-3,7-8H2,1H3. The fourth-order valence-corrected chi connectivity index (χ4v) is 1.76. The molecule has 0 unspecified atom stereocenters. The van der Waals surface area contributed by atoms with Crippen molar-refractivity contribution >= 4 is 17.1 Å². The molecule has 0 aliphatic carbocycles. The first-order valence-electron chi connectivity index (χ1n) is 6.11. The minimum absolute atomic E-state index is 0.00395. The van der Waals surface area contributed by atoms with E-state index in [1.54, 1.807) is 19.2 Å². The Balaban J connectivity index is 2.58. The van der Waals surface area contributed by atoms with Crippen LogP contribution >= 0.6 is 0 Å². The molecular formula is C12H16F3N3O2. The van der Waals surface area contributed by atoms with Gasteiger partial charge in [-0.25, -0.2) is 0 Å². The van der Waals surface area contributed by atoms with Crippen molar-refractivity contribution in [3.63, 3.8) is 0 Å². The molecular weight excluding hydrogens is 275 g/mol. The topological polar surface area (TPSA) is 67.2 Å². The summed E-state index contributed by atoms with van der Waals surface area (Å²) in [6.07, 6.45) is -4.71. The van der Waals surface area contributed by atoms with E-state index in [1.807, 2.05) is 0 Å². The highest BCUT2D eigenvalue weighted by atomic mass is 19.4. The van der Waals surface area contributed by atoms with Crippen molar-refractivity contribution in [2.24, 2.45) is 0 Å². The SMILES string of the molecule is CNc1cccc(NCCCCC(F)(F)F)c1[N+](=O)[O-]. The predicted molar refractivity (Wildman–Crippen MR) is 71.0 cm³/mol. The molecule has 0 aromatic heterocycles. The normalized spacial score (nSPS) is 11.2. The van der Waals surface area contributed by atoms with Gasteiger partial charge in [-0.15, -0.1) is 0 Å². The van der Waals surface area contributed by atoms with Crippen molar-refractivity contribution < 1.29 is 18.1 Å². The number of anilines is 2. The molecule has 20 heavy (non-hydrogen) atoms. The van der Waals surface area contributed by atoms with Crippen molar-refractivity contribution in [3.8, 4) is 0 Å². The molecule has 0 amide bonds. The third-order valence-corrected chi connectivity index (χ3v) is 2.69. The Labute approximate surface area is 114 Å². The van der Waals surface area contributed by atoms with E-state index in [9.17, 15) is 23.3 Å². The maximum atomic E-state index is 12.0. The lowest BCUT2D eigenvalue weighted by Crippen LogP contribution is -2.09. The van der Waals surface area contributed by atoms with Crippen LogP contribution in [0, 0.1) is 10.1 Å². The van der Waals surface area contributed by atoms with Gasteiger partial charge in [0.15, 0.2) is 0 Å². The zero-order valence-electron chi connectivity index (χ0n) is 11.0. The highest BCUT2D eigenvalue weighted by Gasteiger charge is 2.25. The Morgan fingerprint density at radius 2 is 1.90 bits per heavy atom. The molecule has 8 heteroatoms. The summed E-state index contributed by atoms with van der Waals surface area (Å²) in [4.78, 5) is 10.5. The van der Waals surface area contributed by atoms with Crippen LogP contribution < -0.4 is 10.6 Å². The van der Waals surface area contributed by atoms with Gasteiger partial charge in [-0.3, -0.25) is 10.1 Å². The zero-order valence-corrected chi connectivity index (χ0v) is 11.0. The number of alkyl halides is 3. The Kier molecular flexibility index (Phi) is 5.60. The van der Waals surface area contributed by atoms with E-state index in [4.69, 9.17) is 0 Å². The van der Waals surface area contributed by atoms with Crippen molar-refractivity contribution in [1.82, 2.24) is 0 Å². The third kappa shape index (κ3) is 4.94. The van der Waals surface area contributed by atoms with Gasteiger partial charge in [0.05, 0.1) is 4.92 Å². The summed E-state index contributed by atoms with van der Waals surface area (Å²) in [5.74, 6) is 0. The van der Waals surface area contributed by atoms with Gasteiger partial charge in [0.1, 0.15) is 11.4 Å². The maximum Gasteiger partial charge on any atom is 0.389 e. The number of para-hydroxylation sites is 1. The highest BCUT2D eigenvalue weighted by molar-refractivity contribution is 5.75. The third-order valence-electron chi connectivity index (χ3n) is 2.69. The van der Waals surface area contributed by atoms with E-state index in [0.717, 1.165) is 0 Å². The van der Waals surface area contributed by atoms with Crippen LogP contribution in [0.5, 0.6) is 0 Å². The second-order valence-electron chi connectivity index (χ2n) is 4.21. The number of hydrogen-bond acceptors (Lipinski definition) is 4. The number of nitrogens with one attached hydrogen (secondary N) is 2. The quantitative estimate of drug-likeness (QED) is 0.456. The van der Waals surface area contributed by atoms with Crippen LogP contribution in [-0.2, 0) is 0 Å². The first-order chi connectivity index (χ1) is 9.35. The van der Waals surface area contributed by atoms with Crippen LogP contribution in [0.1, 0.15) is 19.3 Å². The van der Waals surface area contributed by atoms with E-state index in [2.05, 4.69) is 10.6 Å². The van der Waals surface area contributed by atoms with E-state index in [1.165, 1.54) is 6.07 Å². The van der Waals surface area contributed by atoms with Gasteiger partial charge in [0.2, 0.25) is 0 Å². The van der Waals surface area contributed by atoms with Gasteiger partial charge >= 0.3 is 11.9 Å². The van der Waals surface area contributed by atoms with Crippen molar-refractivity contribution in [1.29, 1.82) is 0 Å². The van der Waals surface area contributed by atoms with Crippen LogP contribution in [-0.4, -0.2) is 24.7 Å². The fraction of sp³-hybridized carbons (Fsp3) is 0.500. The average Bonchev–Trinajstić information content (AvgIpc) is 2.36. The molecule has 0 saturated heterocycles. The summed E-state index contributed by atoms with van der Waals surface area (Å²) in [6.45, 7) is 0.254. The molecule has 0 aliphatic heterocycles. The second-order valence-corrected chi connectivity index (χ2v) is 4.21. The minimum Gasteiger partial charge on any atom is -0.382 e. The molecule has 2 N–H and O–H groups in total. The second kappa shape index (κ2) is 6.97. The van der Waals surface area contributed by atoms with E-state index in [-0.39, 0.29) is 18.7 Å². The summed E-state index contributed by atoms with van der Waals surface area (Å²) in [7, 11) is 1.56. The smallest absolute Gasteiger partial charge is 0.382 e. The van der Waals surface area contributed by atoms with Gasteiger partial charge in [-0.1, -0.05) is 6.07 Å². The summed E-state index contributed by atoms with van der Waals surface area (Å²) in [6, 6.07) is 4.73. The number of nitro groups is 1. The molecule has 0 atom stereocenters. The summed E-state index contributed by atoms with van der Waals surface area (Å²) in [5.41, 5.74) is 0.551. The van der Waals surface area contributed by atoms with Crippen molar-refractivity contribution in [2.45, 2.75) is 25.4 Å². The Morgan fingerprint density at radius 1 is 1.25 bits per heavy atom.